The molecule has 5 nitrogen and oxygen atoms in total. The molecule has 0 unspecified atom stereocenters. The SMILES string of the molecule is COC(=O)CC(=O)c1cc(CN(C)C)cc(F)c1O. The van der Waals surface area contributed by atoms with Crippen LogP contribution in [-0.4, -0.2) is 43.0 Å². The van der Waals surface area contributed by atoms with E-state index >= 15 is 0 Å². The van der Waals surface area contributed by atoms with Gasteiger partial charge in [0.2, 0.25) is 0 Å². The van der Waals surface area contributed by atoms with Crippen molar-refractivity contribution >= 4 is 11.8 Å². The fourth-order valence-corrected chi connectivity index (χ4v) is 1.62. The number of halogens is 1. The summed E-state index contributed by atoms with van der Waals surface area (Å²) in [5.74, 6) is -3.03. The minimum Gasteiger partial charge on any atom is -0.504 e. The van der Waals surface area contributed by atoms with Gasteiger partial charge in [0.25, 0.3) is 0 Å². The Labute approximate surface area is 110 Å². The predicted octanol–water partition coefficient (Wildman–Crippen LogP) is 1.34. The molecule has 0 aliphatic heterocycles. The lowest BCUT2D eigenvalue weighted by Crippen LogP contribution is -2.13. The van der Waals surface area contributed by atoms with Gasteiger partial charge in [-0.2, -0.15) is 0 Å². The van der Waals surface area contributed by atoms with E-state index in [2.05, 4.69) is 4.74 Å². The van der Waals surface area contributed by atoms with Gasteiger partial charge in [0.1, 0.15) is 6.42 Å². The predicted molar refractivity (Wildman–Crippen MR) is 66.4 cm³/mol. The Morgan fingerprint density at radius 3 is 2.53 bits per heavy atom. The molecule has 0 spiro atoms. The smallest absolute Gasteiger partial charge is 0.313 e. The molecule has 0 atom stereocenters. The zero-order chi connectivity index (χ0) is 14.6. The van der Waals surface area contributed by atoms with Crippen LogP contribution in [0.4, 0.5) is 4.39 Å². The molecule has 0 aliphatic carbocycles. The maximum Gasteiger partial charge on any atom is 0.313 e. The third kappa shape index (κ3) is 4.03. The first-order valence-electron chi connectivity index (χ1n) is 5.61. The molecular formula is C13H16FNO4. The number of hydrogen-bond acceptors (Lipinski definition) is 5. The quantitative estimate of drug-likeness (QED) is 0.496. The van der Waals surface area contributed by atoms with Crippen molar-refractivity contribution in [1.29, 1.82) is 0 Å². The molecule has 0 radical (unpaired) electrons. The molecular weight excluding hydrogens is 253 g/mol. The van der Waals surface area contributed by atoms with Gasteiger partial charge in [-0.3, -0.25) is 9.59 Å². The van der Waals surface area contributed by atoms with Gasteiger partial charge in [0, 0.05) is 6.54 Å². The molecule has 0 fully saturated rings. The summed E-state index contributed by atoms with van der Waals surface area (Å²) in [6.07, 6.45) is -0.533. The van der Waals surface area contributed by atoms with Crippen molar-refractivity contribution in [2.75, 3.05) is 21.2 Å². The summed E-state index contributed by atoms with van der Waals surface area (Å²) in [5.41, 5.74) is 0.329. The van der Waals surface area contributed by atoms with Crippen LogP contribution in [0.1, 0.15) is 22.3 Å². The largest absolute Gasteiger partial charge is 0.504 e. The number of carbonyl (C=O) groups is 2. The van der Waals surface area contributed by atoms with Crippen molar-refractivity contribution in [3.05, 3.63) is 29.1 Å². The van der Waals surface area contributed by atoms with Gasteiger partial charge in [-0.15, -0.1) is 0 Å². The molecule has 0 heterocycles. The molecule has 1 rings (SSSR count). The Hall–Kier alpha value is -1.95. The molecule has 0 aliphatic rings. The van der Waals surface area contributed by atoms with E-state index in [9.17, 15) is 19.1 Å². The second-order valence-electron chi connectivity index (χ2n) is 4.39. The third-order valence-electron chi connectivity index (χ3n) is 2.45. The Bertz CT molecular complexity index is 500. The van der Waals surface area contributed by atoms with E-state index in [4.69, 9.17) is 0 Å². The average molecular weight is 269 g/mol. The number of esters is 1. The fraction of sp³-hybridized carbons (Fsp3) is 0.385. The number of nitrogens with zero attached hydrogens (tertiary/aromatic N) is 1. The van der Waals surface area contributed by atoms with Crippen LogP contribution in [0.5, 0.6) is 5.75 Å². The van der Waals surface area contributed by atoms with E-state index in [1.165, 1.54) is 6.07 Å². The molecule has 0 bridgehead atoms. The first-order valence-corrected chi connectivity index (χ1v) is 5.61. The highest BCUT2D eigenvalue weighted by Crippen LogP contribution is 2.25. The summed E-state index contributed by atoms with van der Waals surface area (Å²) in [6.45, 7) is 0.412. The lowest BCUT2D eigenvalue weighted by Gasteiger charge is -2.12. The normalized spacial score (nSPS) is 10.6. The number of rotatable bonds is 5. The maximum atomic E-state index is 13.5. The second kappa shape index (κ2) is 6.29. The molecule has 0 aromatic heterocycles. The van der Waals surface area contributed by atoms with Crippen molar-refractivity contribution in [2.24, 2.45) is 0 Å². The number of hydrogen-bond donors (Lipinski definition) is 1. The molecule has 1 N–H and O–H groups in total. The number of phenols is 1. The average Bonchev–Trinajstić information content (AvgIpc) is 2.32. The standard InChI is InChI=1S/C13H16FNO4/c1-15(2)7-8-4-9(13(18)10(14)5-8)11(16)6-12(17)19-3/h4-5,18H,6-7H2,1-3H3. The van der Waals surface area contributed by atoms with Gasteiger partial charge in [-0.25, -0.2) is 4.39 Å². The highest BCUT2D eigenvalue weighted by molar-refractivity contribution is 6.07. The van der Waals surface area contributed by atoms with Crippen LogP contribution in [0.25, 0.3) is 0 Å². The van der Waals surface area contributed by atoms with Crippen LogP contribution in [-0.2, 0) is 16.1 Å². The van der Waals surface area contributed by atoms with Crippen LogP contribution < -0.4 is 0 Å². The monoisotopic (exact) mass is 269 g/mol. The molecule has 0 saturated heterocycles. The zero-order valence-corrected chi connectivity index (χ0v) is 11.1. The van der Waals surface area contributed by atoms with Crippen molar-refractivity contribution in [3.63, 3.8) is 0 Å². The van der Waals surface area contributed by atoms with Gasteiger partial charge in [-0.1, -0.05) is 0 Å². The van der Waals surface area contributed by atoms with Crippen LogP contribution >= 0.6 is 0 Å². The van der Waals surface area contributed by atoms with Crippen LogP contribution in [0, 0.1) is 5.82 Å². The topological polar surface area (TPSA) is 66.8 Å². The second-order valence-corrected chi connectivity index (χ2v) is 4.39. The lowest BCUT2D eigenvalue weighted by atomic mass is 10.0. The van der Waals surface area contributed by atoms with Gasteiger partial charge in [0.15, 0.2) is 17.3 Å². The van der Waals surface area contributed by atoms with E-state index < -0.39 is 29.7 Å². The van der Waals surface area contributed by atoms with Crippen LogP contribution in [0.3, 0.4) is 0 Å². The highest BCUT2D eigenvalue weighted by atomic mass is 19.1. The van der Waals surface area contributed by atoms with Gasteiger partial charge in [0.05, 0.1) is 12.7 Å². The molecule has 1 aromatic carbocycles. The van der Waals surface area contributed by atoms with Crippen LogP contribution in [0.15, 0.2) is 12.1 Å². The lowest BCUT2D eigenvalue weighted by molar-refractivity contribution is -0.139. The zero-order valence-electron chi connectivity index (χ0n) is 11.1. The number of Topliss-reactive ketones (excluding diaryl/α,β-unsaturated/α-hetero) is 1. The van der Waals surface area contributed by atoms with E-state index in [0.29, 0.717) is 12.1 Å². The fourth-order valence-electron chi connectivity index (χ4n) is 1.62. The van der Waals surface area contributed by atoms with E-state index in [1.54, 1.807) is 19.0 Å². The highest BCUT2D eigenvalue weighted by Gasteiger charge is 2.19. The number of aromatic hydroxyl groups is 1. The Morgan fingerprint density at radius 1 is 1.37 bits per heavy atom. The summed E-state index contributed by atoms with van der Waals surface area (Å²) >= 11 is 0. The third-order valence-corrected chi connectivity index (χ3v) is 2.45. The minimum atomic E-state index is -0.882. The van der Waals surface area contributed by atoms with Gasteiger partial charge < -0.3 is 14.7 Å². The number of ether oxygens (including phenoxy) is 1. The van der Waals surface area contributed by atoms with Crippen molar-refractivity contribution in [2.45, 2.75) is 13.0 Å². The summed E-state index contributed by atoms with van der Waals surface area (Å²) in [5, 5.41) is 9.55. The van der Waals surface area contributed by atoms with Crippen molar-refractivity contribution in [3.8, 4) is 5.75 Å². The number of methoxy groups -OCH3 is 1. The molecule has 1 aromatic rings. The first-order chi connectivity index (χ1) is 8.85. The van der Waals surface area contributed by atoms with E-state index in [1.807, 2.05) is 0 Å². The number of benzene rings is 1. The van der Waals surface area contributed by atoms with E-state index in [-0.39, 0.29) is 5.56 Å². The van der Waals surface area contributed by atoms with Gasteiger partial charge in [-0.05, 0) is 31.8 Å². The molecule has 19 heavy (non-hydrogen) atoms. The maximum absolute atomic E-state index is 13.5. The number of phenolic OH excluding ortho intramolecular Hbond substituents is 1. The summed E-state index contributed by atoms with van der Waals surface area (Å²) in [7, 11) is 4.74. The Balaban J connectivity index is 3.08. The number of ketones is 1. The summed E-state index contributed by atoms with van der Waals surface area (Å²) < 4.78 is 17.9. The van der Waals surface area contributed by atoms with Gasteiger partial charge >= 0.3 is 5.97 Å². The molecule has 6 heteroatoms. The Morgan fingerprint density at radius 2 is 2.00 bits per heavy atom. The first kappa shape index (κ1) is 15.1. The van der Waals surface area contributed by atoms with Crippen molar-refractivity contribution in [1.82, 2.24) is 4.90 Å². The molecule has 104 valence electrons. The molecule has 0 saturated carbocycles. The Kier molecular flexibility index (Phi) is 5.00. The molecule has 0 amide bonds. The van der Waals surface area contributed by atoms with E-state index in [0.717, 1.165) is 13.2 Å². The minimum absolute atomic E-state index is 0.206. The summed E-state index contributed by atoms with van der Waals surface area (Å²) in [4.78, 5) is 24.6. The summed E-state index contributed by atoms with van der Waals surface area (Å²) in [6, 6.07) is 2.54. The number of carbonyl (C=O) groups excluding carboxylic acids is 2. The van der Waals surface area contributed by atoms with Crippen molar-refractivity contribution < 1.29 is 23.8 Å². The van der Waals surface area contributed by atoms with Crippen LogP contribution in [0.2, 0.25) is 0 Å².